The van der Waals surface area contributed by atoms with E-state index in [9.17, 15) is 9.59 Å². The van der Waals surface area contributed by atoms with E-state index in [1.165, 1.54) is 11.8 Å². The highest BCUT2D eigenvalue weighted by Crippen LogP contribution is 2.21. The van der Waals surface area contributed by atoms with Crippen LogP contribution in [-0.2, 0) is 11.2 Å². The highest BCUT2D eigenvalue weighted by molar-refractivity contribution is 8.00. The molecule has 6 heteroatoms. The molecular weight excluding hydrogens is 310 g/mol. The van der Waals surface area contributed by atoms with Gasteiger partial charge in [0.15, 0.2) is 5.16 Å². The molecule has 0 aliphatic heterocycles. The Morgan fingerprint density at radius 3 is 2.57 bits per heavy atom. The Morgan fingerprint density at radius 2 is 1.96 bits per heavy atom. The van der Waals surface area contributed by atoms with Crippen molar-refractivity contribution in [1.82, 2.24) is 9.97 Å². The predicted octanol–water partition coefficient (Wildman–Crippen LogP) is 3.07. The summed E-state index contributed by atoms with van der Waals surface area (Å²) in [4.78, 5) is 31.3. The Kier molecular flexibility index (Phi) is 5.60. The van der Waals surface area contributed by atoms with Crippen LogP contribution in [0.3, 0.4) is 0 Å². The first kappa shape index (κ1) is 17.3. The summed E-state index contributed by atoms with van der Waals surface area (Å²) in [5.74, 6) is -0.125. The molecular formula is C17H21N3O2S. The zero-order valence-corrected chi connectivity index (χ0v) is 14.6. The normalized spacial score (nSPS) is 12.0. The Hall–Kier alpha value is -2.08. The average molecular weight is 331 g/mol. The molecule has 1 aromatic heterocycles. The van der Waals surface area contributed by atoms with Crippen molar-refractivity contribution in [1.29, 1.82) is 0 Å². The molecule has 23 heavy (non-hydrogen) atoms. The first-order valence-electron chi connectivity index (χ1n) is 7.54. The van der Waals surface area contributed by atoms with Crippen molar-refractivity contribution in [2.24, 2.45) is 0 Å². The molecule has 0 aliphatic rings. The molecule has 0 aliphatic carbocycles. The number of nitrogens with zero attached hydrogens (tertiary/aromatic N) is 1. The van der Waals surface area contributed by atoms with E-state index < -0.39 is 0 Å². The number of hydrogen-bond donors (Lipinski definition) is 2. The lowest BCUT2D eigenvalue weighted by molar-refractivity contribution is -0.115. The van der Waals surface area contributed by atoms with Gasteiger partial charge in [0.05, 0.1) is 10.9 Å². The van der Waals surface area contributed by atoms with Crippen LogP contribution < -0.4 is 10.9 Å². The summed E-state index contributed by atoms with van der Waals surface area (Å²) in [5, 5.41) is 2.97. The molecule has 0 bridgehead atoms. The number of carbonyl (C=O) groups is 1. The number of amides is 1. The molecule has 2 N–H and O–H groups in total. The van der Waals surface area contributed by atoms with E-state index in [1.54, 1.807) is 13.8 Å². The van der Waals surface area contributed by atoms with E-state index in [4.69, 9.17) is 0 Å². The fourth-order valence-corrected chi connectivity index (χ4v) is 2.87. The maximum absolute atomic E-state index is 12.3. The zero-order valence-electron chi connectivity index (χ0n) is 13.8. The van der Waals surface area contributed by atoms with Gasteiger partial charge in [0.2, 0.25) is 5.91 Å². The fraction of sp³-hybridized carbons (Fsp3) is 0.353. The van der Waals surface area contributed by atoms with Crippen molar-refractivity contribution in [3.05, 3.63) is 51.4 Å². The molecule has 1 aromatic carbocycles. The van der Waals surface area contributed by atoms with Crippen molar-refractivity contribution in [3.8, 4) is 0 Å². The van der Waals surface area contributed by atoms with Gasteiger partial charge in [-0.1, -0.05) is 36.4 Å². The van der Waals surface area contributed by atoms with E-state index in [2.05, 4.69) is 15.3 Å². The van der Waals surface area contributed by atoms with Gasteiger partial charge < -0.3 is 10.3 Å². The number of hydrogen-bond acceptors (Lipinski definition) is 4. The second-order valence-electron chi connectivity index (χ2n) is 5.41. The zero-order chi connectivity index (χ0) is 17.0. The van der Waals surface area contributed by atoms with E-state index >= 15 is 0 Å². The van der Waals surface area contributed by atoms with Crippen LogP contribution in [0.2, 0.25) is 0 Å². The third-order valence-corrected chi connectivity index (χ3v) is 4.53. The first-order valence-corrected chi connectivity index (χ1v) is 8.42. The van der Waals surface area contributed by atoms with E-state index in [-0.39, 0.29) is 16.7 Å². The van der Waals surface area contributed by atoms with Crippen LogP contribution in [0.1, 0.15) is 30.7 Å². The number of benzene rings is 1. The van der Waals surface area contributed by atoms with Gasteiger partial charge in [-0.2, -0.15) is 0 Å². The lowest BCUT2D eigenvalue weighted by atomic mass is 10.2. The summed E-state index contributed by atoms with van der Waals surface area (Å²) >= 11 is 1.25. The topological polar surface area (TPSA) is 74.8 Å². The standard InChI is InChI=1S/C17H21N3O2S/c1-5-14-11(3)15(21)20-17(19-14)23-12(4)16(22)18-13-8-6-10(2)7-9-13/h6-9,12H,5H2,1-4H3,(H,18,22)(H,19,20,21). The summed E-state index contributed by atoms with van der Waals surface area (Å²) < 4.78 is 0. The van der Waals surface area contributed by atoms with Crippen molar-refractivity contribution >= 4 is 23.4 Å². The van der Waals surface area contributed by atoms with Gasteiger partial charge in [-0.25, -0.2) is 4.98 Å². The Balaban J connectivity index is 2.07. The fourth-order valence-electron chi connectivity index (χ4n) is 2.06. The van der Waals surface area contributed by atoms with E-state index in [0.717, 1.165) is 16.9 Å². The first-order chi connectivity index (χ1) is 10.9. The predicted molar refractivity (Wildman–Crippen MR) is 94.1 cm³/mol. The second-order valence-corrected chi connectivity index (χ2v) is 6.74. The van der Waals surface area contributed by atoms with Crippen molar-refractivity contribution < 1.29 is 4.79 Å². The van der Waals surface area contributed by atoms with Crippen LogP contribution in [0.5, 0.6) is 0 Å². The third kappa shape index (κ3) is 4.45. The summed E-state index contributed by atoms with van der Waals surface area (Å²) in [6.07, 6.45) is 0.688. The van der Waals surface area contributed by atoms with Crippen LogP contribution in [0, 0.1) is 13.8 Å². The minimum Gasteiger partial charge on any atom is -0.325 e. The van der Waals surface area contributed by atoms with Crippen LogP contribution in [0.15, 0.2) is 34.2 Å². The average Bonchev–Trinajstić information content (AvgIpc) is 2.52. The summed E-state index contributed by atoms with van der Waals surface area (Å²) in [6.45, 7) is 7.50. The lowest BCUT2D eigenvalue weighted by Crippen LogP contribution is -2.24. The van der Waals surface area contributed by atoms with Crippen LogP contribution in [0.25, 0.3) is 0 Å². The number of nitrogens with one attached hydrogen (secondary N) is 2. The molecule has 2 aromatic rings. The third-order valence-electron chi connectivity index (χ3n) is 3.54. The van der Waals surface area contributed by atoms with Gasteiger partial charge in [0.1, 0.15) is 0 Å². The van der Waals surface area contributed by atoms with E-state index in [0.29, 0.717) is 17.1 Å². The molecule has 0 saturated heterocycles. The Morgan fingerprint density at radius 1 is 1.30 bits per heavy atom. The molecule has 1 amide bonds. The largest absolute Gasteiger partial charge is 0.325 e. The number of aromatic amines is 1. The summed E-state index contributed by atoms with van der Waals surface area (Å²) in [5.41, 5.74) is 3.15. The van der Waals surface area contributed by atoms with Crippen molar-refractivity contribution in [2.45, 2.75) is 44.5 Å². The van der Waals surface area contributed by atoms with Gasteiger partial charge in [0.25, 0.3) is 5.56 Å². The molecule has 1 atom stereocenters. The Bertz CT molecular complexity index is 753. The maximum atomic E-state index is 12.3. The number of thioether (sulfide) groups is 1. The molecule has 0 radical (unpaired) electrons. The minimum absolute atomic E-state index is 0.125. The van der Waals surface area contributed by atoms with Gasteiger partial charge in [0, 0.05) is 11.3 Å². The highest BCUT2D eigenvalue weighted by atomic mass is 32.2. The second kappa shape index (κ2) is 7.46. The van der Waals surface area contributed by atoms with Gasteiger partial charge in [-0.3, -0.25) is 9.59 Å². The molecule has 122 valence electrons. The molecule has 2 rings (SSSR count). The monoisotopic (exact) mass is 331 g/mol. The number of carbonyl (C=O) groups excluding carboxylic acids is 1. The van der Waals surface area contributed by atoms with Crippen LogP contribution >= 0.6 is 11.8 Å². The number of rotatable bonds is 5. The van der Waals surface area contributed by atoms with Gasteiger partial charge in [-0.05, 0) is 39.3 Å². The summed E-state index contributed by atoms with van der Waals surface area (Å²) in [7, 11) is 0. The number of H-pyrrole nitrogens is 1. The van der Waals surface area contributed by atoms with E-state index in [1.807, 2.05) is 38.1 Å². The molecule has 0 spiro atoms. The minimum atomic E-state index is -0.369. The van der Waals surface area contributed by atoms with Crippen molar-refractivity contribution in [3.63, 3.8) is 0 Å². The smallest absolute Gasteiger partial charge is 0.254 e. The van der Waals surface area contributed by atoms with Crippen molar-refractivity contribution in [2.75, 3.05) is 5.32 Å². The lowest BCUT2D eigenvalue weighted by Gasteiger charge is -2.12. The quantitative estimate of drug-likeness (QED) is 0.652. The number of anilines is 1. The summed E-state index contributed by atoms with van der Waals surface area (Å²) in [6, 6.07) is 7.62. The number of aryl methyl sites for hydroxylation is 2. The van der Waals surface area contributed by atoms with Gasteiger partial charge >= 0.3 is 0 Å². The molecule has 1 unspecified atom stereocenters. The van der Waals surface area contributed by atoms with Gasteiger partial charge in [-0.15, -0.1) is 0 Å². The Labute approximate surface area is 139 Å². The number of aromatic nitrogens is 2. The molecule has 1 heterocycles. The molecule has 5 nitrogen and oxygen atoms in total. The maximum Gasteiger partial charge on any atom is 0.254 e. The SMILES string of the molecule is CCc1nc(SC(C)C(=O)Nc2ccc(C)cc2)[nH]c(=O)c1C. The molecule has 0 saturated carbocycles. The molecule has 0 fully saturated rings. The van der Waals surface area contributed by atoms with Crippen LogP contribution in [0.4, 0.5) is 5.69 Å². The van der Waals surface area contributed by atoms with Crippen LogP contribution in [-0.4, -0.2) is 21.1 Å². The highest BCUT2D eigenvalue weighted by Gasteiger charge is 2.17.